The van der Waals surface area contributed by atoms with E-state index in [4.69, 9.17) is 4.74 Å². The van der Waals surface area contributed by atoms with E-state index < -0.39 is 17.9 Å². The Hall–Kier alpha value is -3.07. The van der Waals surface area contributed by atoms with Crippen LogP contribution in [-0.2, 0) is 4.79 Å². The molecule has 0 radical (unpaired) electrons. The molecule has 0 saturated carbocycles. The number of carbonyl (C=O) groups is 1. The number of hydrogen-bond donors (Lipinski definition) is 0. The molecule has 1 amide bonds. The summed E-state index contributed by atoms with van der Waals surface area (Å²) >= 11 is 0. The van der Waals surface area contributed by atoms with Crippen LogP contribution in [0, 0.1) is 5.82 Å². The van der Waals surface area contributed by atoms with Crippen LogP contribution in [0.4, 0.5) is 17.6 Å². The maximum absolute atomic E-state index is 13.5. The molecule has 0 aliphatic carbocycles. The third-order valence-electron chi connectivity index (χ3n) is 5.31. The van der Waals surface area contributed by atoms with E-state index in [0.717, 1.165) is 6.07 Å². The lowest BCUT2D eigenvalue weighted by atomic mass is 9.90. The molecular formula is C22H20F4N2O3. The SMILES string of the molecule is CN1CCN(C(=O)C2=C(c3ccc(F)cc3)c3cc(OC(F)(F)F)ccc3OC2)CC1. The van der Waals surface area contributed by atoms with Crippen LogP contribution in [-0.4, -0.2) is 61.9 Å². The van der Waals surface area contributed by atoms with Crippen molar-refractivity contribution in [1.82, 2.24) is 9.80 Å². The van der Waals surface area contributed by atoms with Gasteiger partial charge in [-0.05, 0) is 42.9 Å². The number of ether oxygens (including phenoxy) is 2. The first-order valence-corrected chi connectivity index (χ1v) is 9.71. The number of alkyl halides is 3. The van der Waals surface area contributed by atoms with Gasteiger partial charge in [-0.25, -0.2) is 4.39 Å². The summed E-state index contributed by atoms with van der Waals surface area (Å²) < 4.78 is 61.5. The number of halogens is 4. The second-order valence-corrected chi connectivity index (χ2v) is 7.45. The van der Waals surface area contributed by atoms with E-state index in [1.807, 2.05) is 7.05 Å². The van der Waals surface area contributed by atoms with E-state index >= 15 is 0 Å². The molecule has 2 aliphatic heterocycles. The van der Waals surface area contributed by atoms with Crippen LogP contribution in [0.3, 0.4) is 0 Å². The van der Waals surface area contributed by atoms with Crippen molar-refractivity contribution in [3.63, 3.8) is 0 Å². The number of hydrogen-bond acceptors (Lipinski definition) is 4. The summed E-state index contributed by atoms with van der Waals surface area (Å²) in [5.41, 5.74) is 1.52. The monoisotopic (exact) mass is 436 g/mol. The van der Waals surface area contributed by atoms with Gasteiger partial charge in [-0.2, -0.15) is 0 Å². The minimum absolute atomic E-state index is 0.0373. The Labute approximate surface area is 176 Å². The molecule has 0 atom stereocenters. The van der Waals surface area contributed by atoms with Crippen LogP contribution < -0.4 is 9.47 Å². The molecule has 2 aromatic carbocycles. The van der Waals surface area contributed by atoms with E-state index in [1.54, 1.807) is 4.90 Å². The van der Waals surface area contributed by atoms with Crippen LogP contribution in [0.2, 0.25) is 0 Å². The van der Waals surface area contributed by atoms with E-state index in [2.05, 4.69) is 9.64 Å². The molecule has 2 heterocycles. The fourth-order valence-corrected chi connectivity index (χ4v) is 3.73. The van der Waals surface area contributed by atoms with Crippen molar-refractivity contribution in [2.24, 2.45) is 0 Å². The normalized spacial score (nSPS) is 17.3. The zero-order valence-electron chi connectivity index (χ0n) is 16.7. The Kier molecular flexibility index (Phi) is 5.62. The first-order chi connectivity index (χ1) is 14.7. The predicted molar refractivity (Wildman–Crippen MR) is 105 cm³/mol. The van der Waals surface area contributed by atoms with Gasteiger partial charge in [-0.3, -0.25) is 4.79 Å². The summed E-state index contributed by atoms with van der Waals surface area (Å²) in [5, 5.41) is 0. The van der Waals surface area contributed by atoms with Crippen molar-refractivity contribution in [1.29, 1.82) is 0 Å². The number of benzene rings is 2. The molecule has 1 fully saturated rings. The Morgan fingerprint density at radius 3 is 2.35 bits per heavy atom. The molecule has 0 spiro atoms. The van der Waals surface area contributed by atoms with E-state index in [1.165, 1.54) is 36.4 Å². The summed E-state index contributed by atoms with van der Waals surface area (Å²) in [4.78, 5) is 17.1. The molecule has 5 nitrogen and oxygen atoms in total. The highest BCUT2D eigenvalue weighted by Crippen LogP contribution is 2.41. The summed E-state index contributed by atoms with van der Waals surface area (Å²) in [6.45, 7) is 2.45. The maximum atomic E-state index is 13.5. The van der Waals surface area contributed by atoms with Crippen molar-refractivity contribution >= 4 is 11.5 Å². The number of carbonyl (C=O) groups excluding carboxylic acids is 1. The molecule has 0 unspecified atom stereocenters. The van der Waals surface area contributed by atoms with Gasteiger partial charge in [0.05, 0.1) is 5.57 Å². The number of likely N-dealkylation sites (N-methyl/N-ethyl adjacent to an activating group) is 1. The zero-order valence-corrected chi connectivity index (χ0v) is 16.7. The molecule has 0 aromatic heterocycles. The second kappa shape index (κ2) is 8.22. The van der Waals surface area contributed by atoms with E-state index in [-0.39, 0.29) is 18.1 Å². The third-order valence-corrected chi connectivity index (χ3v) is 5.31. The Morgan fingerprint density at radius 2 is 1.71 bits per heavy atom. The standard InChI is InChI=1S/C22H20F4N2O3/c1-27-8-10-28(11-9-27)21(29)18-13-30-19-7-6-16(31-22(24,25)26)12-17(19)20(18)14-2-4-15(23)5-3-14/h2-7,12H,8-11,13H2,1H3. The fourth-order valence-electron chi connectivity index (χ4n) is 3.73. The molecule has 0 N–H and O–H groups in total. The van der Waals surface area contributed by atoms with Crippen molar-refractivity contribution in [2.45, 2.75) is 6.36 Å². The molecule has 2 aromatic rings. The van der Waals surface area contributed by atoms with Crippen LogP contribution in [0.1, 0.15) is 11.1 Å². The number of fused-ring (bicyclic) bond motifs is 1. The smallest absolute Gasteiger partial charge is 0.488 e. The summed E-state index contributed by atoms with van der Waals surface area (Å²) in [7, 11) is 1.97. The topological polar surface area (TPSA) is 42.0 Å². The molecular weight excluding hydrogens is 416 g/mol. The number of amides is 1. The molecule has 9 heteroatoms. The van der Waals surface area contributed by atoms with E-state index in [9.17, 15) is 22.4 Å². The van der Waals surface area contributed by atoms with Crippen molar-refractivity contribution < 1.29 is 31.8 Å². The molecule has 0 bridgehead atoms. The number of nitrogens with zero attached hydrogens (tertiary/aromatic N) is 2. The van der Waals surface area contributed by atoms with Gasteiger partial charge in [-0.15, -0.1) is 13.2 Å². The minimum atomic E-state index is -4.86. The lowest BCUT2D eigenvalue weighted by Gasteiger charge is -2.34. The predicted octanol–water partition coefficient (Wildman–Crippen LogP) is 3.69. The van der Waals surface area contributed by atoms with Crippen LogP contribution >= 0.6 is 0 Å². The first-order valence-electron chi connectivity index (χ1n) is 9.71. The van der Waals surface area contributed by atoms with Crippen molar-refractivity contribution in [3.8, 4) is 11.5 Å². The van der Waals surface area contributed by atoms with Gasteiger partial charge < -0.3 is 19.3 Å². The van der Waals surface area contributed by atoms with Gasteiger partial charge in [0.15, 0.2) is 0 Å². The van der Waals surface area contributed by atoms with Gasteiger partial charge in [0.1, 0.15) is 23.9 Å². The highest BCUT2D eigenvalue weighted by Gasteiger charge is 2.33. The number of rotatable bonds is 3. The third kappa shape index (κ3) is 4.66. The van der Waals surface area contributed by atoms with Crippen LogP contribution in [0.15, 0.2) is 48.0 Å². The van der Waals surface area contributed by atoms with Crippen molar-refractivity contribution in [2.75, 3.05) is 39.8 Å². The lowest BCUT2D eigenvalue weighted by molar-refractivity contribution is -0.274. The molecule has 31 heavy (non-hydrogen) atoms. The quantitative estimate of drug-likeness (QED) is 0.689. The van der Waals surface area contributed by atoms with E-state index in [0.29, 0.717) is 48.6 Å². The van der Waals surface area contributed by atoms with Crippen LogP contribution in [0.25, 0.3) is 5.57 Å². The molecule has 4 rings (SSSR count). The number of piperazine rings is 1. The average Bonchev–Trinajstić information content (AvgIpc) is 2.72. The van der Waals surface area contributed by atoms with Gasteiger partial charge in [0.25, 0.3) is 5.91 Å². The highest BCUT2D eigenvalue weighted by atomic mass is 19.4. The Balaban J connectivity index is 1.81. The van der Waals surface area contributed by atoms with Crippen molar-refractivity contribution in [3.05, 3.63) is 65.0 Å². The largest absolute Gasteiger partial charge is 0.573 e. The Morgan fingerprint density at radius 1 is 1.03 bits per heavy atom. The summed E-state index contributed by atoms with van der Waals surface area (Å²) in [5.74, 6) is -0.815. The maximum Gasteiger partial charge on any atom is 0.573 e. The minimum Gasteiger partial charge on any atom is -0.488 e. The van der Waals surface area contributed by atoms with Crippen LogP contribution in [0.5, 0.6) is 11.5 Å². The first kappa shape index (κ1) is 21.2. The molecule has 1 saturated heterocycles. The highest BCUT2D eigenvalue weighted by molar-refractivity contribution is 6.06. The second-order valence-electron chi connectivity index (χ2n) is 7.45. The summed E-state index contributed by atoms with van der Waals surface area (Å²) in [6.07, 6.45) is -4.86. The summed E-state index contributed by atoms with van der Waals surface area (Å²) in [6, 6.07) is 9.19. The molecule has 2 aliphatic rings. The van der Waals surface area contributed by atoms with Gasteiger partial charge in [0, 0.05) is 37.3 Å². The average molecular weight is 436 g/mol. The zero-order chi connectivity index (χ0) is 22.2. The Bertz CT molecular complexity index is 1010. The molecule has 164 valence electrons. The van der Waals surface area contributed by atoms with Gasteiger partial charge in [0.2, 0.25) is 0 Å². The fraction of sp³-hybridized carbons (Fsp3) is 0.318. The van der Waals surface area contributed by atoms with Gasteiger partial charge >= 0.3 is 6.36 Å². The van der Waals surface area contributed by atoms with Gasteiger partial charge in [-0.1, -0.05) is 12.1 Å². The lowest BCUT2D eigenvalue weighted by Crippen LogP contribution is -2.48.